The largest absolute Gasteiger partial charge is 0.481 e. The van der Waals surface area contributed by atoms with E-state index in [0.29, 0.717) is 0 Å². The molecule has 0 bridgehead atoms. The van der Waals surface area contributed by atoms with Crippen LogP contribution >= 0.6 is 0 Å². The highest BCUT2D eigenvalue weighted by molar-refractivity contribution is 5.94. The molecule has 15 nitrogen and oxygen atoms in total. The first-order chi connectivity index (χ1) is 16.1. The second-order valence-electron chi connectivity index (χ2n) is 8.09. The number of rotatable bonds is 17. The van der Waals surface area contributed by atoms with Gasteiger partial charge in [0.05, 0.1) is 6.04 Å². The maximum Gasteiger partial charge on any atom is 0.326 e. The monoisotopic (exact) mass is 504 g/mol. The third kappa shape index (κ3) is 12.9. The normalized spacial score (nSPS) is 14.2. The summed E-state index contributed by atoms with van der Waals surface area (Å²) in [6.45, 7) is 3.12. The molecule has 0 saturated carbocycles. The highest BCUT2D eigenvalue weighted by Crippen LogP contribution is 2.07. The Bertz CT molecular complexity index is 815. The first kappa shape index (κ1) is 31.2. The highest BCUT2D eigenvalue weighted by atomic mass is 16.4. The molecular weight excluding hydrogens is 472 g/mol. The summed E-state index contributed by atoms with van der Waals surface area (Å²) >= 11 is 0. The molecule has 0 heterocycles. The third-order valence-corrected chi connectivity index (χ3v) is 4.79. The van der Waals surface area contributed by atoms with Gasteiger partial charge >= 0.3 is 23.9 Å². The van der Waals surface area contributed by atoms with Gasteiger partial charge in [-0.25, -0.2) is 4.79 Å². The minimum atomic E-state index is -1.60. The molecule has 0 rings (SSSR count). The maximum atomic E-state index is 12.8. The van der Waals surface area contributed by atoms with Crippen LogP contribution in [0.3, 0.4) is 0 Å². The molecule has 0 aromatic heterocycles. The quantitative estimate of drug-likeness (QED) is 0.108. The first-order valence-corrected chi connectivity index (χ1v) is 10.7. The van der Waals surface area contributed by atoms with Crippen molar-refractivity contribution < 1.29 is 54.0 Å². The fraction of sp³-hybridized carbons (Fsp3) is 0.650. The van der Waals surface area contributed by atoms with Gasteiger partial charge in [-0.1, -0.05) is 13.8 Å². The van der Waals surface area contributed by atoms with Crippen LogP contribution in [-0.2, 0) is 33.6 Å². The van der Waals surface area contributed by atoms with Crippen molar-refractivity contribution >= 4 is 41.6 Å². The average molecular weight is 504 g/mol. The van der Waals surface area contributed by atoms with Crippen molar-refractivity contribution in [2.45, 2.75) is 76.5 Å². The molecule has 198 valence electrons. The standard InChI is InChI=1S/C20H32N4O11/c1-9(2)16(24-17(31)10(21)3-6-13(25)26)19(33)22-11(4-7-14(27)28)18(32)23-12(20(34)35)5-8-15(29)30/h9-12,16H,3-8,21H2,1-2H3,(H,22,33)(H,23,32)(H,24,31)(H,25,26)(H,27,28)(H,29,30)(H,34,35). The molecule has 3 amide bonds. The number of carbonyl (C=O) groups excluding carboxylic acids is 3. The lowest BCUT2D eigenvalue weighted by molar-refractivity contribution is -0.144. The summed E-state index contributed by atoms with van der Waals surface area (Å²) in [5, 5.41) is 42.3. The van der Waals surface area contributed by atoms with E-state index >= 15 is 0 Å². The number of nitrogens with two attached hydrogens (primary N) is 1. The van der Waals surface area contributed by atoms with Gasteiger partial charge in [0.2, 0.25) is 17.7 Å². The fourth-order valence-corrected chi connectivity index (χ4v) is 2.80. The van der Waals surface area contributed by atoms with Crippen LogP contribution in [0.25, 0.3) is 0 Å². The summed E-state index contributed by atoms with van der Waals surface area (Å²) in [6, 6.07) is -5.57. The van der Waals surface area contributed by atoms with Crippen molar-refractivity contribution in [1.82, 2.24) is 16.0 Å². The Morgan fingerprint density at radius 3 is 1.49 bits per heavy atom. The van der Waals surface area contributed by atoms with Crippen molar-refractivity contribution in [2.24, 2.45) is 11.7 Å². The molecule has 4 unspecified atom stereocenters. The number of nitrogens with one attached hydrogen (secondary N) is 3. The van der Waals surface area contributed by atoms with Crippen LogP contribution in [0.4, 0.5) is 0 Å². The summed E-state index contributed by atoms with van der Waals surface area (Å²) in [6.07, 6.45) is -2.57. The molecule has 0 spiro atoms. The molecule has 0 aliphatic carbocycles. The van der Waals surface area contributed by atoms with Gasteiger partial charge in [0.15, 0.2) is 0 Å². The molecule has 15 heteroatoms. The molecule has 0 aromatic rings. The molecule has 0 aliphatic heterocycles. The number of hydrogen-bond acceptors (Lipinski definition) is 8. The van der Waals surface area contributed by atoms with Gasteiger partial charge < -0.3 is 42.1 Å². The molecular formula is C20H32N4O11. The number of amides is 3. The smallest absolute Gasteiger partial charge is 0.326 e. The predicted octanol–water partition coefficient (Wildman–Crippen LogP) is -1.90. The Balaban J connectivity index is 5.49. The Labute approximate surface area is 200 Å². The lowest BCUT2D eigenvalue weighted by atomic mass is 10.0. The summed E-state index contributed by atoms with van der Waals surface area (Å²) in [4.78, 5) is 81.4. The van der Waals surface area contributed by atoms with Crippen LogP contribution in [0.5, 0.6) is 0 Å². The predicted molar refractivity (Wildman–Crippen MR) is 117 cm³/mol. The summed E-state index contributed by atoms with van der Waals surface area (Å²) in [5.41, 5.74) is 5.64. The zero-order chi connectivity index (χ0) is 27.3. The maximum absolute atomic E-state index is 12.8. The van der Waals surface area contributed by atoms with Gasteiger partial charge in [0.25, 0.3) is 0 Å². The van der Waals surface area contributed by atoms with Gasteiger partial charge in [-0.05, 0) is 25.2 Å². The fourth-order valence-electron chi connectivity index (χ4n) is 2.80. The number of carboxylic acids is 4. The van der Waals surface area contributed by atoms with E-state index < -0.39 is 97.4 Å². The molecule has 9 N–H and O–H groups in total. The molecule has 0 radical (unpaired) electrons. The van der Waals surface area contributed by atoms with E-state index in [-0.39, 0.29) is 12.8 Å². The summed E-state index contributed by atoms with van der Waals surface area (Å²) in [7, 11) is 0. The van der Waals surface area contributed by atoms with Gasteiger partial charge in [0.1, 0.15) is 18.1 Å². The lowest BCUT2D eigenvalue weighted by Gasteiger charge is -2.26. The van der Waals surface area contributed by atoms with Gasteiger partial charge in [-0.15, -0.1) is 0 Å². The third-order valence-electron chi connectivity index (χ3n) is 4.79. The van der Waals surface area contributed by atoms with E-state index in [9.17, 15) is 38.7 Å². The van der Waals surface area contributed by atoms with E-state index in [1.807, 2.05) is 0 Å². The SMILES string of the molecule is CC(C)C(NC(=O)C(N)CCC(=O)O)C(=O)NC(CCC(=O)O)C(=O)NC(CCC(=O)O)C(=O)O. The summed E-state index contributed by atoms with van der Waals surface area (Å²) < 4.78 is 0. The number of carboxylic acid groups (broad SMARTS) is 4. The van der Waals surface area contributed by atoms with Gasteiger partial charge in [-0.2, -0.15) is 0 Å². The van der Waals surface area contributed by atoms with Crippen molar-refractivity contribution in [3.8, 4) is 0 Å². The average Bonchev–Trinajstić information content (AvgIpc) is 2.74. The van der Waals surface area contributed by atoms with Crippen molar-refractivity contribution in [1.29, 1.82) is 0 Å². The second-order valence-corrected chi connectivity index (χ2v) is 8.09. The Morgan fingerprint density at radius 2 is 1.06 bits per heavy atom. The zero-order valence-electron chi connectivity index (χ0n) is 19.4. The van der Waals surface area contributed by atoms with Crippen LogP contribution in [-0.4, -0.2) is 86.2 Å². The van der Waals surface area contributed by atoms with E-state index in [4.69, 9.17) is 21.1 Å². The summed E-state index contributed by atoms with van der Waals surface area (Å²) in [5.74, 6) is -8.56. The van der Waals surface area contributed by atoms with Crippen LogP contribution in [0.1, 0.15) is 52.4 Å². The van der Waals surface area contributed by atoms with Crippen LogP contribution in [0.15, 0.2) is 0 Å². The topological polar surface area (TPSA) is 263 Å². The van der Waals surface area contributed by atoms with Crippen molar-refractivity contribution in [2.75, 3.05) is 0 Å². The van der Waals surface area contributed by atoms with Gasteiger partial charge in [-0.3, -0.25) is 28.8 Å². The first-order valence-electron chi connectivity index (χ1n) is 10.7. The van der Waals surface area contributed by atoms with E-state index in [1.165, 1.54) is 0 Å². The Hall–Kier alpha value is -3.75. The van der Waals surface area contributed by atoms with Crippen LogP contribution in [0, 0.1) is 5.92 Å². The molecule has 0 saturated heterocycles. The van der Waals surface area contributed by atoms with Gasteiger partial charge in [0, 0.05) is 19.3 Å². The second kappa shape index (κ2) is 15.2. The lowest BCUT2D eigenvalue weighted by Crippen LogP contribution is -2.58. The zero-order valence-corrected chi connectivity index (χ0v) is 19.4. The Morgan fingerprint density at radius 1 is 0.629 bits per heavy atom. The van der Waals surface area contributed by atoms with Crippen LogP contribution < -0.4 is 21.7 Å². The number of hydrogen-bond donors (Lipinski definition) is 8. The Kier molecular flexibility index (Phi) is 13.6. The minimum absolute atomic E-state index is 0.190. The van der Waals surface area contributed by atoms with Crippen LogP contribution in [0.2, 0.25) is 0 Å². The van der Waals surface area contributed by atoms with Crippen molar-refractivity contribution in [3.63, 3.8) is 0 Å². The van der Waals surface area contributed by atoms with E-state index in [2.05, 4.69) is 16.0 Å². The molecule has 0 aliphatic rings. The minimum Gasteiger partial charge on any atom is -0.481 e. The van der Waals surface area contributed by atoms with E-state index in [0.717, 1.165) is 0 Å². The number of aliphatic carboxylic acids is 4. The highest BCUT2D eigenvalue weighted by Gasteiger charge is 2.32. The molecule has 0 fully saturated rings. The van der Waals surface area contributed by atoms with E-state index in [1.54, 1.807) is 13.8 Å². The molecule has 4 atom stereocenters. The molecule has 0 aromatic carbocycles. The van der Waals surface area contributed by atoms with Crippen molar-refractivity contribution in [3.05, 3.63) is 0 Å². The number of carbonyl (C=O) groups is 7. The molecule has 35 heavy (non-hydrogen) atoms.